The molecule has 1 aliphatic rings. The van der Waals surface area contributed by atoms with Crippen molar-refractivity contribution in [2.75, 3.05) is 7.05 Å². The second-order valence-corrected chi connectivity index (χ2v) is 4.17. The maximum atomic E-state index is 10.7. The van der Waals surface area contributed by atoms with Gasteiger partial charge in [-0.3, -0.25) is 4.18 Å². The molecule has 1 N–H and O–H groups in total. The van der Waals surface area contributed by atoms with Gasteiger partial charge in [0.2, 0.25) is 0 Å². The van der Waals surface area contributed by atoms with Crippen LogP contribution in [0.15, 0.2) is 0 Å². The topological polar surface area (TPSA) is 55.4 Å². The van der Waals surface area contributed by atoms with E-state index in [1.165, 1.54) is 7.05 Å². The highest BCUT2D eigenvalue weighted by Gasteiger charge is 2.42. The molecule has 0 bridgehead atoms. The van der Waals surface area contributed by atoms with E-state index < -0.39 is 15.9 Å². The van der Waals surface area contributed by atoms with Gasteiger partial charge in [0, 0.05) is 7.05 Å². The Kier molecular flexibility index (Phi) is 1.74. The molecule has 0 aliphatic heterocycles. The van der Waals surface area contributed by atoms with Gasteiger partial charge in [-0.05, 0) is 19.8 Å². The Morgan fingerprint density at radius 3 is 2.30 bits per heavy atom. The van der Waals surface area contributed by atoms with E-state index in [0.29, 0.717) is 0 Å². The van der Waals surface area contributed by atoms with Crippen molar-refractivity contribution in [1.82, 2.24) is 4.72 Å². The third-order valence-electron chi connectivity index (χ3n) is 1.52. The molecule has 1 rings (SSSR count). The second-order valence-electron chi connectivity index (χ2n) is 2.69. The first kappa shape index (κ1) is 7.97. The molecule has 60 valence electrons. The minimum atomic E-state index is -3.46. The van der Waals surface area contributed by atoms with Crippen molar-refractivity contribution in [2.24, 2.45) is 0 Å². The van der Waals surface area contributed by atoms with E-state index in [2.05, 4.69) is 4.72 Å². The minimum Gasteiger partial charge on any atom is -0.252 e. The Labute approximate surface area is 60.8 Å². The van der Waals surface area contributed by atoms with Crippen LogP contribution in [0.3, 0.4) is 0 Å². The molecule has 0 aromatic rings. The van der Waals surface area contributed by atoms with Crippen LogP contribution >= 0.6 is 0 Å². The van der Waals surface area contributed by atoms with Gasteiger partial charge in [0.25, 0.3) is 0 Å². The number of hydrogen-bond acceptors (Lipinski definition) is 3. The van der Waals surface area contributed by atoms with Gasteiger partial charge in [-0.2, -0.15) is 13.1 Å². The molecule has 0 heterocycles. The third kappa shape index (κ3) is 1.93. The molecular weight excluding hydrogens is 154 g/mol. The zero-order valence-corrected chi connectivity index (χ0v) is 6.86. The van der Waals surface area contributed by atoms with Crippen LogP contribution in [-0.2, 0) is 14.5 Å². The Morgan fingerprint density at radius 1 is 1.50 bits per heavy atom. The first-order valence-corrected chi connectivity index (χ1v) is 4.52. The maximum absolute atomic E-state index is 10.7. The molecule has 1 fully saturated rings. The van der Waals surface area contributed by atoms with Gasteiger partial charge in [-0.1, -0.05) is 0 Å². The van der Waals surface area contributed by atoms with Crippen LogP contribution in [0, 0.1) is 0 Å². The summed E-state index contributed by atoms with van der Waals surface area (Å²) in [4.78, 5) is 0. The van der Waals surface area contributed by atoms with Crippen LogP contribution in [0.25, 0.3) is 0 Å². The zero-order chi connectivity index (χ0) is 7.83. The summed E-state index contributed by atoms with van der Waals surface area (Å²) in [6.45, 7) is 1.78. The summed E-state index contributed by atoms with van der Waals surface area (Å²) in [5, 5.41) is 0. The van der Waals surface area contributed by atoms with Gasteiger partial charge in [0.1, 0.15) is 0 Å². The number of nitrogens with one attached hydrogen (secondary N) is 1. The van der Waals surface area contributed by atoms with Gasteiger partial charge < -0.3 is 0 Å². The van der Waals surface area contributed by atoms with E-state index in [-0.39, 0.29) is 0 Å². The second kappa shape index (κ2) is 2.18. The molecule has 4 nitrogen and oxygen atoms in total. The predicted molar refractivity (Wildman–Crippen MR) is 36.7 cm³/mol. The molecule has 0 atom stereocenters. The molecule has 5 heteroatoms. The van der Waals surface area contributed by atoms with E-state index >= 15 is 0 Å². The SMILES string of the molecule is CNS(=O)(=O)OC1(C)CC1. The standard InChI is InChI=1S/C5H11NO3S/c1-5(3-4-5)9-10(7,8)6-2/h6H,3-4H2,1-2H3. The number of rotatable bonds is 3. The maximum Gasteiger partial charge on any atom is 0.336 e. The molecule has 0 radical (unpaired) electrons. The van der Waals surface area contributed by atoms with Gasteiger partial charge in [0.05, 0.1) is 5.60 Å². The summed E-state index contributed by atoms with van der Waals surface area (Å²) in [6, 6.07) is 0. The molecule has 10 heavy (non-hydrogen) atoms. The van der Waals surface area contributed by atoms with Crippen molar-refractivity contribution in [3.8, 4) is 0 Å². The summed E-state index contributed by atoms with van der Waals surface area (Å²) in [5.41, 5.74) is -0.415. The lowest BCUT2D eigenvalue weighted by Crippen LogP contribution is -2.26. The Balaban J connectivity index is 2.53. The largest absolute Gasteiger partial charge is 0.336 e. The number of hydrogen-bond donors (Lipinski definition) is 1. The zero-order valence-electron chi connectivity index (χ0n) is 6.05. The van der Waals surface area contributed by atoms with Crippen LogP contribution in [0.5, 0.6) is 0 Å². The van der Waals surface area contributed by atoms with Crippen molar-refractivity contribution in [1.29, 1.82) is 0 Å². The Hall–Kier alpha value is -0.130. The van der Waals surface area contributed by atoms with Crippen molar-refractivity contribution in [3.63, 3.8) is 0 Å². The first-order valence-electron chi connectivity index (χ1n) is 3.12. The quantitative estimate of drug-likeness (QED) is 0.641. The van der Waals surface area contributed by atoms with Crippen molar-refractivity contribution in [3.05, 3.63) is 0 Å². The van der Waals surface area contributed by atoms with E-state index in [1.807, 2.05) is 0 Å². The molecular formula is C5H11NO3S. The summed E-state index contributed by atoms with van der Waals surface area (Å²) < 4.78 is 28.3. The van der Waals surface area contributed by atoms with Crippen LogP contribution in [0.2, 0.25) is 0 Å². The highest BCUT2D eigenvalue weighted by Crippen LogP contribution is 2.39. The fraction of sp³-hybridized carbons (Fsp3) is 1.00. The summed E-state index contributed by atoms with van der Waals surface area (Å²) in [5.74, 6) is 0. The Bertz CT molecular complexity index is 217. The van der Waals surface area contributed by atoms with Crippen LogP contribution < -0.4 is 4.72 Å². The molecule has 0 unspecified atom stereocenters. The normalized spacial score (nSPS) is 22.6. The average Bonchev–Trinajstić information content (AvgIpc) is 2.47. The smallest absolute Gasteiger partial charge is 0.252 e. The van der Waals surface area contributed by atoms with Crippen molar-refractivity contribution < 1.29 is 12.6 Å². The van der Waals surface area contributed by atoms with Crippen LogP contribution in [-0.4, -0.2) is 21.1 Å². The van der Waals surface area contributed by atoms with Crippen LogP contribution in [0.1, 0.15) is 19.8 Å². The highest BCUT2D eigenvalue weighted by molar-refractivity contribution is 7.84. The van der Waals surface area contributed by atoms with E-state index in [4.69, 9.17) is 4.18 Å². The molecule has 0 amide bonds. The van der Waals surface area contributed by atoms with Gasteiger partial charge in [-0.25, -0.2) is 0 Å². The highest BCUT2D eigenvalue weighted by atomic mass is 32.2. The predicted octanol–water partition coefficient (Wildman–Crippen LogP) is 0.0197. The van der Waals surface area contributed by atoms with E-state index in [0.717, 1.165) is 12.8 Å². The van der Waals surface area contributed by atoms with Crippen LogP contribution in [0.4, 0.5) is 0 Å². The molecule has 1 aliphatic carbocycles. The molecule has 1 saturated carbocycles. The monoisotopic (exact) mass is 165 g/mol. The Morgan fingerprint density at radius 2 is 2.00 bits per heavy atom. The fourth-order valence-corrected chi connectivity index (χ4v) is 1.35. The lowest BCUT2D eigenvalue weighted by Gasteiger charge is -2.08. The summed E-state index contributed by atoms with van der Waals surface area (Å²) in [6.07, 6.45) is 1.65. The molecule has 0 aromatic heterocycles. The van der Waals surface area contributed by atoms with E-state index in [9.17, 15) is 8.42 Å². The summed E-state index contributed by atoms with van der Waals surface area (Å²) in [7, 11) is -2.13. The lowest BCUT2D eigenvalue weighted by molar-refractivity contribution is 0.205. The summed E-state index contributed by atoms with van der Waals surface area (Å²) >= 11 is 0. The van der Waals surface area contributed by atoms with E-state index in [1.54, 1.807) is 6.92 Å². The molecule has 0 saturated heterocycles. The first-order chi connectivity index (χ1) is 4.47. The lowest BCUT2D eigenvalue weighted by atomic mass is 10.4. The van der Waals surface area contributed by atoms with Gasteiger partial charge in [0.15, 0.2) is 0 Å². The van der Waals surface area contributed by atoms with Crippen molar-refractivity contribution in [2.45, 2.75) is 25.4 Å². The van der Waals surface area contributed by atoms with Crippen molar-refractivity contribution >= 4 is 10.3 Å². The fourth-order valence-electron chi connectivity index (χ4n) is 0.566. The molecule has 0 aromatic carbocycles. The molecule has 0 spiro atoms. The van der Waals surface area contributed by atoms with Gasteiger partial charge >= 0.3 is 10.3 Å². The minimum absolute atomic E-state index is 0.415. The van der Waals surface area contributed by atoms with Gasteiger partial charge in [-0.15, -0.1) is 0 Å². The average molecular weight is 165 g/mol. The third-order valence-corrected chi connectivity index (χ3v) is 2.64.